The third kappa shape index (κ3) is 4.40. The fraction of sp³-hybridized carbons (Fsp3) is 0.250. The molecule has 10 heteroatoms. The zero-order valence-corrected chi connectivity index (χ0v) is 19.8. The molecule has 0 fully saturated rings. The van der Waals surface area contributed by atoms with Crippen molar-refractivity contribution in [3.05, 3.63) is 69.7 Å². The number of primary amides is 1. The van der Waals surface area contributed by atoms with Crippen LogP contribution in [0.5, 0.6) is 0 Å². The largest absolute Gasteiger partial charge is 0.378 e. The van der Waals surface area contributed by atoms with Gasteiger partial charge in [0.05, 0.1) is 30.9 Å². The second-order valence-corrected chi connectivity index (χ2v) is 8.75. The Morgan fingerprint density at radius 2 is 1.97 bits per heavy atom. The molecule has 2 heterocycles. The van der Waals surface area contributed by atoms with Gasteiger partial charge in [-0.1, -0.05) is 17.7 Å². The van der Waals surface area contributed by atoms with E-state index >= 15 is 0 Å². The van der Waals surface area contributed by atoms with Gasteiger partial charge in [-0.15, -0.1) is 0 Å². The van der Waals surface area contributed by atoms with E-state index in [1.54, 1.807) is 33.8 Å². The molecule has 0 aliphatic carbocycles. The lowest BCUT2D eigenvalue weighted by molar-refractivity contribution is 0.0997. The average Bonchev–Trinajstić information content (AvgIpc) is 3.18. The molecule has 1 aromatic heterocycles. The minimum absolute atomic E-state index is 0.178. The molecule has 174 valence electrons. The number of rotatable bonds is 4. The summed E-state index contributed by atoms with van der Waals surface area (Å²) in [5.41, 5.74) is 10.5. The van der Waals surface area contributed by atoms with Crippen molar-refractivity contribution in [3.63, 3.8) is 0 Å². The Morgan fingerprint density at radius 1 is 1.21 bits per heavy atom. The van der Waals surface area contributed by atoms with E-state index in [4.69, 9.17) is 23.9 Å². The minimum Gasteiger partial charge on any atom is -0.378 e. The lowest BCUT2D eigenvalue weighted by Crippen LogP contribution is -2.41. The van der Waals surface area contributed by atoms with E-state index in [-0.39, 0.29) is 18.1 Å². The minimum atomic E-state index is -0.616. The topological polar surface area (TPSA) is 101 Å². The van der Waals surface area contributed by atoms with Crippen LogP contribution in [0.2, 0.25) is 5.02 Å². The summed E-state index contributed by atoms with van der Waals surface area (Å²) in [6.45, 7) is 9.99. The number of nitrogens with zero attached hydrogens (tertiary/aromatic N) is 5. The van der Waals surface area contributed by atoms with Crippen molar-refractivity contribution in [1.29, 1.82) is 0 Å². The normalized spacial score (nSPS) is 12.6. The van der Waals surface area contributed by atoms with E-state index in [1.807, 2.05) is 38.1 Å². The smallest absolute Gasteiger partial charge is 0.322 e. The Morgan fingerprint density at radius 3 is 2.62 bits per heavy atom. The number of carbonyl (C=O) groups is 2. The lowest BCUT2D eigenvalue weighted by Gasteiger charge is -2.28. The molecular weight excluding hydrogens is 454 g/mol. The van der Waals surface area contributed by atoms with Crippen LogP contribution in [0, 0.1) is 13.5 Å². The first-order valence-electron chi connectivity index (χ1n) is 10.6. The number of benzene rings is 2. The number of hydrogen-bond acceptors (Lipinski definition) is 4. The summed E-state index contributed by atoms with van der Waals surface area (Å²) in [7, 11) is 3.80. The first-order chi connectivity index (χ1) is 16.2. The number of nitrogens with two attached hydrogens (primary N) is 1. The summed E-state index contributed by atoms with van der Waals surface area (Å²) in [5, 5.41) is 8.03. The standard InChI is InChI=1S/C24H24ClN7O2/c1-14-9-17(5-6-19(14)27-2)28-24(34)31-7-8-32-20(13-31)21(23(26)33)22(29-32)15-10-16(25)12-18(11-15)30(3)4/h5-6,9-12H,7-8,13H2,1,3-4H3,(H2,26,33)(H,28,34). The van der Waals surface area contributed by atoms with Crippen molar-refractivity contribution < 1.29 is 9.59 Å². The summed E-state index contributed by atoms with van der Waals surface area (Å²) < 4.78 is 1.73. The molecule has 1 aliphatic heterocycles. The highest BCUT2D eigenvalue weighted by atomic mass is 35.5. The van der Waals surface area contributed by atoms with E-state index in [2.05, 4.69) is 15.3 Å². The molecule has 0 spiro atoms. The Bertz CT molecular complexity index is 1340. The van der Waals surface area contributed by atoms with Gasteiger partial charge in [-0.05, 0) is 42.8 Å². The van der Waals surface area contributed by atoms with Gasteiger partial charge in [0.2, 0.25) is 0 Å². The molecule has 0 radical (unpaired) electrons. The maximum atomic E-state index is 13.0. The van der Waals surface area contributed by atoms with Crippen molar-refractivity contribution in [3.8, 4) is 11.3 Å². The predicted molar refractivity (Wildman–Crippen MR) is 132 cm³/mol. The number of anilines is 2. The Hall–Kier alpha value is -4.03. The number of fused-ring (bicyclic) bond motifs is 1. The monoisotopic (exact) mass is 477 g/mol. The summed E-state index contributed by atoms with van der Waals surface area (Å²) in [4.78, 5) is 32.4. The van der Waals surface area contributed by atoms with Gasteiger partial charge in [-0.25, -0.2) is 9.64 Å². The molecule has 3 N–H and O–H groups in total. The molecule has 0 saturated carbocycles. The molecule has 0 unspecified atom stereocenters. The van der Waals surface area contributed by atoms with Gasteiger partial charge in [0.25, 0.3) is 5.91 Å². The fourth-order valence-electron chi connectivity index (χ4n) is 3.98. The SMILES string of the molecule is [C-]#[N+]c1ccc(NC(=O)N2CCn3nc(-c4cc(Cl)cc(N(C)C)c4)c(C(N)=O)c3C2)cc1C. The van der Waals surface area contributed by atoms with Gasteiger partial charge >= 0.3 is 6.03 Å². The highest BCUT2D eigenvalue weighted by Gasteiger charge is 2.30. The van der Waals surface area contributed by atoms with E-state index in [9.17, 15) is 9.59 Å². The zero-order chi connectivity index (χ0) is 24.6. The van der Waals surface area contributed by atoms with Crippen LogP contribution < -0.4 is 16.0 Å². The van der Waals surface area contributed by atoms with Crippen molar-refractivity contribution in [1.82, 2.24) is 14.7 Å². The number of nitrogens with one attached hydrogen (secondary N) is 1. The highest BCUT2D eigenvalue weighted by Crippen LogP contribution is 2.33. The Kier molecular flexibility index (Phi) is 6.18. The van der Waals surface area contributed by atoms with Gasteiger partial charge in [0, 0.05) is 42.6 Å². The van der Waals surface area contributed by atoms with Crippen LogP contribution in [-0.4, -0.2) is 47.3 Å². The van der Waals surface area contributed by atoms with Crippen LogP contribution >= 0.6 is 11.6 Å². The van der Waals surface area contributed by atoms with Crippen LogP contribution in [-0.2, 0) is 13.1 Å². The number of halogens is 1. The maximum absolute atomic E-state index is 13.0. The summed E-state index contributed by atoms with van der Waals surface area (Å²) in [5.74, 6) is -0.616. The van der Waals surface area contributed by atoms with E-state index in [0.29, 0.717) is 46.4 Å². The third-order valence-electron chi connectivity index (χ3n) is 5.75. The molecular formula is C24H24ClN7O2. The molecule has 3 amide bonds. The quantitative estimate of drug-likeness (QED) is 0.548. The molecule has 0 saturated heterocycles. The number of aryl methyl sites for hydroxylation is 1. The molecule has 0 bridgehead atoms. The summed E-state index contributed by atoms with van der Waals surface area (Å²) >= 11 is 6.32. The van der Waals surface area contributed by atoms with Crippen molar-refractivity contribution in [2.24, 2.45) is 5.73 Å². The number of hydrogen-bond donors (Lipinski definition) is 2. The van der Waals surface area contributed by atoms with Crippen LogP contribution in [0.1, 0.15) is 21.6 Å². The molecule has 9 nitrogen and oxygen atoms in total. The van der Waals surface area contributed by atoms with Crippen LogP contribution in [0.3, 0.4) is 0 Å². The van der Waals surface area contributed by atoms with Crippen LogP contribution in [0.15, 0.2) is 36.4 Å². The molecule has 1 aliphatic rings. The van der Waals surface area contributed by atoms with E-state index in [1.165, 1.54) is 0 Å². The number of carbonyl (C=O) groups excluding carboxylic acids is 2. The van der Waals surface area contributed by atoms with Crippen LogP contribution in [0.25, 0.3) is 16.1 Å². The average molecular weight is 478 g/mol. The molecule has 2 aromatic carbocycles. The third-order valence-corrected chi connectivity index (χ3v) is 5.97. The van der Waals surface area contributed by atoms with Gasteiger partial charge < -0.3 is 20.9 Å². The van der Waals surface area contributed by atoms with Gasteiger partial charge in [-0.2, -0.15) is 5.10 Å². The Labute approximate surface area is 202 Å². The molecule has 0 atom stereocenters. The molecule has 3 aromatic rings. The number of aromatic nitrogens is 2. The fourth-order valence-corrected chi connectivity index (χ4v) is 4.21. The second-order valence-electron chi connectivity index (χ2n) is 8.32. The lowest BCUT2D eigenvalue weighted by atomic mass is 10.0. The Balaban J connectivity index is 1.64. The summed E-state index contributed by atoms with van der Waals surface area (Å²) in [6.07, 6.45) is 0. The van der Waals surface area contributed by atoms with Crippen molar-refractivity contribution >= 4 is 40.6 Å². The molecule has 4 rings (SSSR count). The van der Waals surface area contributed by atoms with Crippen molar-refractivity contribution in [2.45, 2.75) is 20.0 Å². The predicted octanol–water partition coefficient (Wildman–Crippen LogP) is 4.28. The first-order valence-corrected chi connectivity index (χ1v) is 11.0. The van der Waals surface area contributed by atoms with Gasteiger partial charge in [-0.3, -0.25) is 9.48 Å². The highest BCUT2D eigenvalue weighted by molar-refractivity contribution is 6.31. The number of urea groups is 1. The van der Waals surface area contributed by atoms with E-state index < -0.39 is 5.91 Å². The number of amides is 3. The van der Waals surface area contributed by atoms with Gasteiger partial charge in [0.15, 0.2) is 5.69 Å². The molecule has 34 heavy (non-hydrogen) atoms. The first kappa shape index (κ1) is 23.1. The summed E-state index contributed by atoms with van der Waals surface area (Å²) in [6, 6.07) is 10.3. The second kappa shape index (κ2) is 9.08. The zero-order valence-electron chi connectivity index (χ0n) is 19.1. The maximum Gasteiger partial charge on any atom is 0.322 e. The van der Waals surface area contributed by atoms with E-state index in [0.717, 1.165) is 11.3 Å². The van der Waals surface area contributed by atoms with Gasteiger partial charge in [0.1, 0.15) is 5.69 Å². The van der Waals surface area contributed by atoms with Crippen molar-refractivity contribution in [2.75, 3.05) is 30.9 Å². The van der Waals surface area contributed by atoms with Crippen LogP contribution in [0.4, 0.5) is 21.9 Å².